The van der Waals surface area contributed by atoms with E-state index in [4.69, 9.17) is 14.2 Å². The van der Waals surface area contributed by atoms with E-state index < -0.39 is 0 Å². The topological polar surface area (TPSA) is 44.8 Å². The molecule has 4 nitrogen and oxygen atoms in total. The molecule has 0 atom stereocenters. The molecule has 1 aliphatic rings. The van der Waals surface area contributed by atoms with Crippen LogP contribution in [-0.2, 0) is 19.0 Å². The van der Waals surface area contributed by atoms with Gasteiger partial charge in [-0.15, -0.1) is 0 Å². The molecule has 15 heavy (non-hydrogen) atoms. The van der Waals surface area contributed by atoms with Crippen LogP contribution in [0, 0.1) is 0 Å². The number of aldehydes is 1. The lowest BCUT2D eigenvalue weighted by Crippen LogP contribution is -2.00. The van der Waals surface area contributed by atoms with Crippen molar-refractivity contribution in [1.29, 1.82) is 0 Å². The van der Waals surface area contributed by atoms with Crippen LogP contribution in [0.2, 0.25) is 0 Å². The molecule has 0 aromatic carbocycles. The van der Waals surface area contributed by atoms with Gasteiger partial charge in [0.05, 0.1) is 21.3 Å². The first-order valence-corrected chi connectivity index (χ1v) is 4.49. The second kappa shape index (κ2) is 5.24. The SMILES string of the molecule is COC1=CCC(C=O)=CC(OC)=C1OC. The Labute approximate surface area is 88.8 Å². The summed E-state index contributed by atoms with van der Waals surface area (Å²) >= 11 is 0. The van der Waals surface area contributed by atoms with E-state index in [0.717, 1.165) is 6.29 Å². The smallest absolute Gasteiger partial charge is 0.202 e. The molecule has 0 fully saturated rings. The van der Waals surface area contributed by atoms with Crippen LogP contribution in [0.4, 0.5) is 0 Å². The fraction of sp³-hybridized carbons (Fsp3) is 0.364. The van der Waals surface area contributed by atoms with Gasteiger partial charge in [0.1, 0.15) is 6.29 Å². The van der Waals surface area contributed by atoms with E-state index in [1.165, 1.54) is 14.2 Å². The van der Waals surface area contributed by atoms with Gasteiger partial charge < -0.3 is 14.2 Å². The van der Waals surface area contributed by atoms with Gasteiger partial charge in [0.15, 0.2) is 11.5 Å². The summed E-state index contributed by atoms with van der Waals surface area (Å²) < 4.78 is 15.5. The zero-order valence-corrected chi connectivity index (χ0v) is 9.07. The third kappa shape index (κ3) is 2.40. The van der Waals surface area contributed by atoms with E-state index in [2.05, 4.69) is 0 Å². The number of rotatable bonds is 4. The lowest BCUT2D eigenvalue weighted by atomic mass is 10.2. The van der Waals surface area contributed by atoms with Crippen LogP contribution >= 0.6 is 0 Å². The van der Waals surface area contributed by atoms with Gasteiger partial charge in [-0.25, -0.2) is 0 Å². The van der Waals surface area contributed by atoms with Gasteiger partial charge in [0.2, 0.25) is 5.76 Å². The van der Waals surface area contributed by atoms with Crippen molar-refractivity contribution in [2.45, 2.75) is 6.42 Å². The lowest BCUT2D eigenvalue weighted by Gasteiger charge is -2.11. The summed E-state index contributed by atoms with van der Waals surface area (Å²) in [7, 11) is 4.59. The van der Waals surface area contributed by atoms with Gasteiger partial charge in [-0.3, -0.25) is 4.79 Å². The Kier molecular flexibility index (Phi) is 3.97. The molecule has 82 valence electrons. The Morgan fingerprint density at radius 1 is 1.20 bits per heavy atom. The minimum Gasteiger partial charge on any atom is -0.493 e. The first-order valence-electron chi connectivity index (χ1n) is 4.49. The van der Waals surface area contributed by atoms with Gasteiger partial charge >= 0.3 is 0 Å². The van der Waals surface area contributed by atoms with Crippen molar-refractivity contribution in [2.24, 2.45) is 0 Å². The fourth-order valence-electron chi connectivity index (χ4n) is 1.33. The summed E-state index contributed by atoms with van der Waals surface area (Å²) in [6.45, 7) is 0. The highest BCUT2D eigenvalue weighted by atomic mass is 16.5. The van der Waals surface area contributed by atoms with Crippen LogP contribution in [0.1, 0.15) is 6.42 Å². The van der Waals surface area contributed by atoms with Gasteiger partial charge in [-0.1, -0.05) is 0 Å². The first-order chi connectivity index (χ1) is 7.26. The van der Waals surface area contributed by atoms with Crippen molar-refractivity contribution in [3.63, 3.8) is 0 Å². The molecule has 1 rings (SSSR count). The van der Waals surface area contributed by atoms with E-state index >= 15 is 0 Å². The van der Waals surface area contributed by atoms with Crippen LogP contribution in [0.3, 0.4) is 0 Å². The Hall–Kier alpha value is -1.71. The molecule has 0 N–H and O–H groups in total. The first kappa shape index (κ1) is 11.4. The molecule has 0 unspecified atom stereocenters. The van der Waals surface area contributed by atoms with Crippen LogP contribution in [0.5, 0.6) is 0 Å². The van der Waals surface area contributed by atoms with Gasteiger partial charge in [0.25, 0.3) is 0 Å². The van der Waals surface area contributed by atoms with E-state index in [1.54, 1.807) is 19.3 Å². The second-order valence-corrected chi connectivity index (χ2v) is 2.92. The van der Waals surface area contributed by atoms with Gasteiger partial charge in [0, 0.05) is 0 Å². The van der Waals surface area contributed by atoms with E-state index in [1.807, 2.05) is 0 Å². The highest BCUT2D eigenvalue weighted by molar-refractivity contribution is 5.75. The maximum atomic E-state index is 10.7. The Balaban J connectivity index is 3.20. The molecule has 0 aromatic rings. The summed E-state index contributed by atoms with van der Waals surface area (Å²) in [6, 6.07) is 0. The normalized spacial score (nSPS) is 16.2. The molecule has 0 radical (unpaired) electrons. The lowest BCUT2D eigenvalue weighted by molar-refractivity contribution is -0.105. The molecule has 0 amide bonds. The van der Waals surface area contributed by atoms with E-state index in [9.17, 15) is 4.79 Å². The van der Waals surface area contributed by atoms with Gasteiger partial charge in [-0.05, 0) is 24.1 Å². The van der Waals surface area contributed by atoms with Crippen molar-refractivity contribution in [3.8, 4) is 0 Å². The summed E-state index contributed by atoms with van der Waals surface area (Å²) in [4.78, 5) is 10.7. The largest absolute Gasteiger partial charge is 0.493 e. The molecular formula is C11H14O4. The predicted molar refractivity (Wildman–Crippen MR) is 54.9 cm³/mol. The number of carbonyl (C=O) groups is 1. The molecule has 0 aliphatic heterocycles. The van der Waals surface area contributed by atoms with Crippen LogP contribution in [0.25, 0.3) is 0 Å². The molecule has 0 saturated heterocycles. The van der Waals surface area contributed by atoms with Crippen molar-refractivity contribution in [3.05, 3.63) is 35.0 Å². The number of methoxy groups -OCH3 is 3. The van der Waals surface area contributed by atoms with E-state index in [-0.39, 0.29) is 0 Å². The molecule has 0 aromatic heterocycles. The number of allylic oxidation sites excluding steroid dienone is 3. The molecule has 1 aliphatic carbocycles. The standard InChI is InChI=1S/C11H14O4/c1-13-9-5-4-8(7-12)6-10(14-2)11(9)15-3/h5-7H,4H2,1-3H3. The summed E-state index contributed by atoms with van der Waals surface area (Å²) in [5.41, 5.74) is 0.619. The molecule has 0 bridgehead atoms. The molecular weight excluding hydrogens is 196 g/mol. The minimum absolute atomic E-state index is 0.491. The average molecular weight is 210 g/mol. The summed E-state index contributed by atoms with van der Waals surface area (Å²) in [5.74, 6) is 1.56. The van der Waals surface area contributed by atoms with Crippen LogP contribution in [0.15, 0.2) is 35.0 Å². The quantitative estimate of drug-likeness (QED) is 0.660. The molecule has 0 heterocycles. The number of carbonyl (C=O) groups excluding carboxylic acids is 1. The van der Waals surface area contributed by atoms with E-state index in [0.29, 0.717) is 29.3 Å². The highest BCUT2D eigenvalue weighted by Gasteiger charge is 2.16. The number of hydrogen-bond donors (Lipinski definition) is 0. The average Bonchev–Trinajstić information content (AvgIpc) is 2.46. The van der Waals surface area contributed by atoms with Gasteiger partial charge in [-0.2, -0.15) is 0 Å². The summed E-state index contributed by atoms with van der Waals surface area (Å²) in [5, 5.41) is 0. The van der Waals surface area contributed by atoms with Crippen LogP contribution < -0.4 is 0 Å². The third-order valence-electron chi connectivity index (χ3n) is 2.08. The third-order valence-corrected chi connectivity index (χ3v) is 2.08. The zero-order chi connectivity index (χ0) is 11.3. The maximum absolute atomic E-state index is 10.7. The fourth-order valence-corrected chi connectivity index (χ4v) is 1.33. The Morgan fingerprint density at radius 3 is 2.40 bits per heavy atom. The van der Waals surface area contributed by atoms with Crippen molar-refractivity contribution in [2.75, 3.05) is 21.3 Å². The van der Waals surface area contributed by atoms with Crippen molar-refractivity contribution in [1.82, 2.24) is 0 Å². The maximum Gasteiger partial charge on any atom is 0.202 e. The van der Waals surface area contributed by atoms with Crippen molar-refractivity contribution < 1.29 is 19.0 Å². The Morgan fingerprint density at radius 2 is 1.93 bits per heavy atom. The van der Waals surface area contributed by atoms with Crippen LogP contribution in [-0.4, -0.2) is 27.6 Å². The zero-order valence-electron chi connectivity index (χ0n) is 9.07. The molecule has 0 spiro atoms. The molecule has 4 heteroatoms. The number of ether oxygens (including phenoxy) is 3. The number of hydrogen-bond acceptors (Lipinski definition) is 4. The van der Waals surface area contributed by atoms with Crippen molar-refractivity contribution >= 4 is 6.29 Å². The monoisotopic (exact) mass is 210 g/mol. The highest BCUT2D eigenvalue weighted by Crippen LogP contribution is 2.24. The molecule has 0 saturated carbocycles. The summed E-state index contributed by atoms with van der Waals surface area (Å²) in [6.07, 6.45) is 4.73. The minimum atomic E-state index is 0.491. The second-order valence-electron chi connectivity index (χ2n) is 2.92. The Bertz CT molecular complexity index is 336. The predicted octanol–water partition coefficient (Wildman–Crippen LogP) is 1.55.